The number of imidazole rings is 1. The maximum atomic E-state index is 4.27. The van der Waals surface area contributed by atoms with Crippen molar-refractivity contribution < 1.29 is 4.57 Å². The van der Waals surface area contributed by atoms with Crippen LogP contribution in [0.4, 0.5) is 11.4 Å². The zero-order valence-corrected chi connectivity index (χ0v) is 14.2. The fraction of sp³-hybridized carbons (Fsp3) is 0.0455. The quantitative estimate of drug-likeness (QED) is 0.278. The van der Waals surface area contributed by atoms with Crippen molar-refractivity contribution in [2.75, 3.05) is 0 Å². The summed E-state index contributed by atoms with van der Waals surface area (Å²) in [6.45, 7) is 0.803. The summed E-state index contributed by atoms with van der Waals surface area (Å²) >= 11 is 0. The molecule has 0 aliphatic heterocycles. The topological polar surface area (TPSA) is 33.5 Å². The van der Waals surface area contributed by atoms with Gasteiger partial charge < -0.3 is 9.13 Å². The van der Waals surface area contributed by atoms with E-state index in [0.29, 0.717) is 0 Å². The Kier molecular flexibility index (Phi) is 4.65. The van der Waals surface area contributed by atoms with Gasteiger partial charge in [-0.2, -0.15) is 10.2 Å². The van der Waals surface area contributed by atoms with Crippen molar-refractivity contribution in [2.24, 2.45) is 10.2 Å². The molecule has 4 aromatic rings. The van der Waals surface area contributed by atoms with Gasteiger partial charge in [-0.25, -0.2) is 0 Å². The van der Waals surface area contributed by atoms with Gasteiger partial charge >= 0.3 is 0 Å². The lowest BCUT2D eigenvalue weighted by molar-refractivity contribution is -0.691. The summed E-state index contributed by atoms with van der Waals surface area (Å²) in [5.41, 5.74) is 3.96. The first-order valence-electron chi connectivity index (χ1n) is 8.48. The second-order valence-electron chi connectivity index (χ2n) is 5.93. The number of hydrogen-bond donors (Lipinski definition) is 0. The molecule has 0 saturated carbocycles. The van der Waals surface area contributed by atoms with Gasteiger partial charge in [0.1, 0.15) is 0 Å². The highest BCUT2D eigenvalue weighted by Gasteiger charge is 2.01. The van der Waals surface area contributed by atoms with Gasteiger partial charge in [0.05, 0.1) is 23.6 Å². The molecule has 4 heteroatoms. The number of nitrogens with zero attached hydrogens (tertiary/aromatic N) is 4. The van der Waals surface area contributed by atoms with E-state index in [4.69, 9.17) is 0 Å². The molecule has 0 bridgehead atoms. The first kappa shape index (κ1) is 16.0. The molecule has 0 atom stereocenters. The van der Waals surface area contributed by atoms with Gasteiger partial charge in [0.15, 0.2) is 0 Å². The largest absolute Gasteiger partial charge is 0.326 e. The maximum Gasteiger partial charge on any atom is 0.243 e. The number of azo groups is 1. The van der Waals surface area contributed by atoms with Crippen molar-refractivity contribution in [2.45, 2.75) is 6.54 Å². The molecule has 1 heterocycles. The molecule has 0 spiro atoms. The first-order chi connectivity index (χ1) is 12.9. The Morgan fingerprint density at radius 2 is 1.35 bits per heavy atom. The minimum absolute atomic E-state index is 0.803. The lowest BCUT2D eigenvalue weighted by Gasteiger charge is -2.03. The molecule has 0 amide bonds. The molecule has 0 N–H and O–H groups in total. The summed E-state index contributed by atoms with van der Waals surface area (Å²) in [7, 11) is 0. The van der Waals surface area contributed by atoms with Crippen LogP contribution in [0.1, 0.15) is 5.56 Å². The average molecular weight is 338 g/mol. The van der Waals surface area contributed by atoms with Gasteiger partial charge in [0.25, 0.3) is 0 Å². The molecule has 0 aliphatic rings. The predicted molar refractivity (Wildman–Crippen MR) is 101 cm³/mol. The molecular formula is C22H18N4. The lowest BCUT2D eigenvalue weighted by atomic mass is 10.2. The number of hydrogen-bond acceptors (Lipinski definition) is 2. The van der Waals surface area contributed by atoms with Crippen LogP contribution in [0.5, 0.6) is 0 Å². The molecule has 0 unspecified atom stereocenters. The van der Waals surface area contributed by atoms with Crippen LogP contribution < -0.4 is 4.57 Å². The molecular weight excluding hydrogens is 320 g/mol. The molecule has 0 aliphatic carbocycles. The number of rotatable bonds is 5. The van der Waals surface area contributed by atoms with Crippen LogP contribution in [-0.4, -0.2) is 4.57 Å². The summed E-state index contributed by atoms with van der Waals surface area (Å²) in [5.74, 6) is 0. The fourth-order valence-electron chi connectivity index (χ4n) is 2.65. The van der Waals surface area contributed by atoms with Crippen LogP contribution in [0.2, 0.25) is 0 Å². The minimum Gasteiger partial charge on any atom is -0.326 e. The second-order valence-corrected chi connectivity index (χ2v) is 5.93. The van der Waals surface area contributed by atoms with E-state index < -0.39 is 0 Å². The molecule has 26 heavy (non-hydrogen) atoms. The third kappa shape index (κ3) is 3.92. The van der Waals surface area contributed by atoms with Crippen molar-refractivity contribution >= 4 is 11.4 Å². The van der Waals surface area contributed by atoms with E-state index in [1.165, 1.54) is 5.56 Å². The minimum atomic E-state index is 0.803. The molecule has 4 nitrogen and oxygen atoms in total. The Morgan fingerprint density at radius 1 is 0.731 bits per heavy atom. The van der Waals surface area contributed by atoms with Crippen LogP contribution in [-0.2, 0) is 6.54 Å². The summed E-state index contributed by atoms with van der Waals surface area (Å²) in [6, 6.07) is 28.0. The summed E-state index contributed by atoms with van der Waals surface area (Å²) < 4.78 is 4.01. The number of aromatic nitrogens is 2. The summed E-state index contributed by atoms with van der Waals surface area (Å²) in [6.07, 6.45) is 7.36. The van der Waals surface area contributed by atoms with Gasteiger partial charge in [-0.15, -0.1) is 0 Å². The van der Waals surface area contributed by atoms with Crippen LogP contribution in [0.25, 0.3) is 5.69 Å². The molecule has 4 rings (SSSR count). The first-order valence-corrected chi connectivity index (χ1v) is 8.48. The van der Waals surface area contributed by atoms with Crippen LogP contribution in [0.15, 0.2) is 108 Å². The predicted octanol–water partition coefficient (Wildman–Crippen LogP) is 5.03. The van der Waals surface area contributed by atoms with Crippen molar-refractivity contribution in [3.05, 3.63) is 109 Å². The van der Waals surface area contributed by atoms with Crippen molar-refractivity contribution in [1.29, 1.82) is 0 Å². The third-order valence-electron chi connectivity index (χ3n) is 3.99. The zero-order chi connectivity index (χ0) is 17.6. The average Bonchev–Trinajstić information content (AvgIpc) is 3.17. The standard InChI is InChI=1S/C22H18N4/c1-3-7-19(8-4-1)17-25-15-16-26(18-25)22-13-11-21(12-14-22)24-23-20-9-5-2-6-10-20/h1-16H,17H2. The van der Waals surface area contributed by atoms with E-state index in [1.807, 2.05) is 82.2 Å². The smallest absolute Gasteiger partial charge is 0.243 e. The Hall–Kier alpha value is -3.53. The summed E-state index contributed by atoms with van der Waals surface area (Å²) in [5, 5.41) is 8.51. The van der Waals surface area contributed by atoms with E-state index >= 15 is 0 Å². The lowest BCUT2D eigenvalue weighted by Crippen LogP contribution is -2.32. The maximum absolute atomic E-state index is 4.27. The van der Waals surface area contributed by atoms with E-state index in [1.54, 1.807) is 0 Å². The highest BCUT2D eigenvalue weighted by atomic mass is 15.1. The monoisotopic (exact) mass is 338 g/mol. The Labute approximate surface area is 152 Å². The second kappa shape index (κ2) is 7.57. The van der Waals surface area contributed by atoms with Crippen LogP contribution >= 0.6 is 0 Å². The van der Waals surface area contributed by atoms with E-state index in [2.05, 4.69) is 40.8 Å². The van der Waals surface area contributed by atoms with Gasteiger partial charge in [0.2, 0.25) is 6.33 Å². The Bertz CT molecular complexity index is 987. The van der Waals surface area contributed by atoms with E-state index in [-0.39, 0.29) is 0 Å². The van der Waals surface area contributed by atoms with Crippen molar-refractivity contribution in [3.63, 3.8) is 0 Å². The molecule has 0 saturated heterocycles. The highest BCUT2D eigenvalue weighted by Crippen LogP contribution is 2.19. The SMILES string of the molecule is [c-]1n(-c2ccc(N=Nc3ccccc3)cc2)cc[n+]1Cc1ccccc1. The normalized spacial score (nSPS) is 11.1. The summed E-state index contributed by atoms with van der Waals surface area (Å²) in [4.78, 5) is 0. The van der Waals surface area contributed by atoms with Crippen molar-refractivity contribution in [3.8, 4) is 5.69 Å². The van der Waals surface area contributed by atoms with Gasteiger partial charge in [0, 0.05) is 12.4 Å². The molecule has 3 aromatic carbocycles. The highest BCUT2D eigenvalue weighted by molar-refractivity contribution is 5.45. The molecule has 0 fully saturated rings. The zero-order valence-electron chi connectivity index (χ0n) is 14.2. The van der Waals surface area contributed by atoms with E-state index in [9.17, 15) is 0 Å². The van der Waals surface area contributed by atoms with Crippen LogP contribution in [0, 0.1) is 6.33 Å². The molecule has 126 valence electrons. The fourth-order valence-corrected chi connectivity index (χ4v) is 2.65. The Morgan fingerprint density at radius 3 is 2.04 bits per heavy atom. The number of benzene rings is 3. The third-order valence-corrected chi connectivity index (χ3v) is 3.99. The van der Waals surface area contributed by atoms with Gasteiger partial charge in [-0.1, -0.05) is 60.7 Å². The van der Waals surface area contributed by atoms with Crippen molar-refractivity contribution in [1.82, 2.24) is 4.57 Å². The molecule has 1 aromatic heterocycles. The Balaban J connectivity index is 1.46. The van der Waals surface area contributed by atoms with E-state index in [0.717, 1.165) is 23.6 Å². The van der Waals surface area contributed by atoms with Gasteiger partial charge in [-0.3, -0.25) is 0 Å². The molecule has 0 radical (unpaired) electrons. The van der Waals surface area contributed by atoms with Crippen LogP contribution in [0.3, 0.4) is 0 Å². The van der Waals surface area contributed by atoms with Gasteiger partial charge in [-0.05, 0) is 29.8 Å².